The van der Waals surface area contributed by atoms with Gasteiger partial charge in [0.2, 0.25) is 0 Å². The van der Waals surface area contributed by atoms with Crippen LogP contribution < -0.4 is 10.1 Å². The molecule has 1 atom stereocenters. The molecule has 1 aliphatic rings. The first kappa shape index (κ1) is 23.6. The lowest BCUT2D eigenvalue weighted by molar-refractivity contribution is 0.152. The van der Waals surface area contributed by atoms with E-state index in [1.54, 1.807) is 30.6 Å². The van der Waals surface area contributed by atoms with Crippen molar-refractivity contribution in [3.63, 3.8) is 0 Å². The molecule has 0 amide bonds. The fraction of sp³-hybridized carbons (Fsp3) is 0.286. The van der Waals surface area contributed by atoms with Crippen LogP contribution in [0, 0.1) is 5.82 Å². The van der Waals surface area contributed by atoms with E-state index in [2.05, 4.69) is 15.6 Å². The summed E-state index contributed by atoms with van der Waals surface area (Å²) in [7, 11) is 1.68. The molecular formula is C21H24Cl2FN3OS. The van der Waals surface area contributed by atoms with Crippen LogP contribution in [0.5, 0.6) is 5.75 Å². The Labute approximate surface area is 186 Å². The molecular weight excluding hydrogens is 432 g/mol. The molecule has 0 spiro atoms. The second-order valence-corrected chi connectivity index (χ2v) is 7.45. The lowest BCUT2D eigenvalue weighted by Gasteiger charge is -2.36. The molecule has 1 fully saturated rings. The summed E-state index contributed by atoms with van der Waals surface area (Å²) >= 11 is 1.63. The average Bonchev–Trinajstić information content (AvgIpc) is 3.16. The number of halogens is 3. The minimum Gasteiger partial charge on any atom is -0.496 e. The summed E-state index contributed by atoms with van der Waals surface area (Å²) in [5.41, 5.74) is 3.05. The number of para-hydroxylation sites is 1. The largest absolute Gasteiger partial charge is 0.496 e. The third-order valence-corrected chi connectivity index (χ3v) is 5.77. The molecule has 1 saturated heterocycles. The molecule has 3 aromatic rings. The molecule has 2 aromatic carbocycles. The van der Waals surface area contributed by atoms with Crippen LogP contribution in [0.3, 0.4) is 0 Å². The maximum atomic E-state index is 13.7. The maximum absolute atomic E-state index is 13.7. The van der Waals surface area contributed by atoms with Crippen LogP contribution in [-0.2, 0) is 6.54 Å². The lowest BCUT2D eigenvalue weighted by atomic mass is 10.0. The Balaban J connectivity index is 0.00000150. The van der Waals surface area contributed by atoms with E-state index in [9.17, 15) is 4.39 Å². The van der Waals surface area contributed by atoms with Gasteiger partial charge in [-0.15, -0.1) is 36.2 Å². The van der Waals surface area contributed by atoms with Crippen molar-refractivity contribution in [1.82, 2.24) is 15.2 Å². The van der Waals surface area contributed by atoms with Gasteiger partial charge in [-0.25, -0.2) is 9.37 Å². The van der Waals surface area contributed by atoms with Crippen LogP contribution in [0.25, 0.3) is 10.6 Å². The molecule has 0 aliphatic carbocycles. The molecule has 2 heterocycles. The van der Waals surface area contributed by atoms with Crippen molar-refractivity contribution in [2.75, 3.05) is 26.7 Å². The zero-order chi connectivity index (χ0) is 18.6. The second-order valence-electron chi connectivity index (χ2n) is 6.59. The highest BCUT2D eigenvalue weighted by Gasteiger charge is 2.25. The van der Waals surface area contributed by atoms with Crippen molar-refractivity contribution in [2.24, 2.45) is 0 Å². The van der Waals surface area contributed by atoms with Gasteiger partial charge in [-0.1, -0.05) is 24.3 Å². The predicted octanol–water partition coefficient (Wildman–Crippen LogP) is 4.95. The number of nitrogens with zero attached hydrogens (tertiary/aromatic N) is 2. The fourth-order valence-electron chi connectivity index (χ4n) is 3.51. The topological polar surface area (TPSA) is 37.4 Å². The standard InChI is InChI=1S/C21H22FN3OS.2ClH/c1-26-20-8-3-2-7-18(20)21-24-17(14-27-21)13-25-10-9-23-12-19(25)15-5-4-6-16(22)11-15;;/h2-8,11,14,19,23H,9-10,12-13H2,1H3;2*1H. The van der Waals surface area contributed by atoms with Crippen LogP contribution in [0.15, 0.2) is 53.9 Å². The van der Waals surface area contributed by atoms with Crippen molar-refractivity contribution >= 4 is 36.2 Å². The van der Waals surface area contributed by atoms with Gasteiger partial charge in [0, 0.05) is 37.6 Å². The molecule has 156 valence electrons. The first-order valence-electron chi connectivity index (χ1n) is 9.02. The molecule has 0 bridgehead atoms. The number of nitrogens with one attached hydrogen (secondary N) is 1. The first-order chi connectivity index (χ1) is 13.2. The van der Waals surface area contributed by atoms with Crippen LogP contribution in [-0.4, -0.2) is 36.6 Å². The summed E-state index contributed by atoms with van der Waals surface area (Å²) in [4.78, 5) is 7.20. The van der Waals surface area contributed by atoms with Crippen molar-refractivity contribution in [3.8, 4) is 16.3 Å². The van der Waals surface area contributed by atoms with Crippen molar-refractivity contribution in [3.05, 3.63) is 71.0 Å². The van der Waals surface area contributed by atoms with Gasteiger partial charge >= 0.3 is 0 Å². The van der Waals surface area contributed by atoms with Gasteiger partial charge < -0.3 is 10.1 Å². The van der Waals surface area contributed by atoms with Crippen LogP contribution >= 0.6 is 36.2 Å². The molecule has 0 radical (unpaired) electrons. The van der Waals surface area contributed by atoms with E-state index in [0.29, 0.717) is 0 Å². The van der Waals surface area contributed by atoms with Gasteiger partial charge in [-0.2, -0.15) is 0 Å². The van der Waals surface area contributed by atoms with Crippen LogP contribution in [0.1, 0.15) is 17.3 Å². The Morgan fingerprint density at radius 3 is 2.83 bits per heavy atom. The normalized spacial score (nSPS) is 16.6. The Kier molecular flexibility index (Phi) is 8.86. The van der Waals surface area contributed by atoms with Crippen molar-refractivity contribution in [1.29, 1.82) is 0 Å². The number of benzene rings is 2. The zero-order valence-electron chi connectivity index (χ0n) is 16.0. The van der Waals surface area contributed by atoms with Crippen molar-refractivity contribution < 1.29 is 9.13 Å². The summed E-state index contributed by atoms with van der Waals surface area (Å²) in [5.74, 6) is 0.642. The highest BCUT2D eigenvalue weighted by atomic mass is 35.5. The van der Waals surface area contributed by atoms with Gasteiger partial charge in [0.15, 0.2) is 0 Å². The quantitative estimate of drug-likeness (QED) is 0.590. The number of ether oxygens (including phenoxy) is 1. The van der Waals surface area contributed by atoms with E-state index in [-0.39, 0.29) is 36.7 Å². The molecule has 1 aromatic heterocycles. The van der Waals surface area contributed by atoms with E-state index in [1.807, 2.05) is 30.3 Å². The molecule has 0 saturated carbocycles. The number of aromatic nitrogens is 1. The van der Waals surface area contributed by atoms with Gasteiger partial charge in [-0.3, -0.25) is 4.90 Å². The number of piperazine rings is 1. The molecule has 4 rings (SSSR count). The monoisotopic (exact) mass is 455 g/mol. The molecule has 1 aliphatic heterocycles. The third kappa shape index (κ3) is 5.47. The van der Waals surface area contributed by atoms with Gasteiger partial charge in [0.1, 0.15) is 16.6 Å². The van der Waals surface area contributed by atoms with E-state index in [0.717, 1.165) is 53.8 Å². The van der Waals surface area contributed by atoms with Gasteiger partial charge in [0.05, 0.1) is 18.4 Å². The number of methoxy groups -OCH3 is 1. The third-order valence-electron chi connectivity index (χ3n) is 4.84. The Bertz CT molecular complexity index is 924. The summed E-state index contributed by atoms with van der Waals surface area (Å²) in [5, 5.41) is 6.48. The Hall–Kier alpha value is -1.70. The zero-order valence-corrected chi connectivity index (χ0v) is 18.5. The fourth-order valence-corrected chi connectivity index (χ4v) is 4.35. The maximum Gasteiger partial charge on any atom is 0.129 e. The Morgan fingerprint density at radius 1 is 1.21 bits per heavy atom. The molecule has 29 heavy (non-hydrogen) atoms. The smallest absolute Gasteiger partial charge is 0.129 e. The summed E-state index contributed by atoms with van der Waals surface area (Å²) < 4.78 is 19.1. The van der Waals surface area contributed by atoms with Gasteiger partial charge in [0.25, 0.3) is 0 Å². The number of hydrogen-bond donors (Lipinski definition) is 1. The Morgan fingerprint density at radius 2 is 2.03 bits per heavy atom. The van der Waals surface area contributed by atoms with E-state index in [1.165, 1.54) is 6.07 Å². The summed E-state index contributed by atoms with van der Waals surface area (Å²) in [6.45, 7) is 3.39. The summed E-state index contributed by atoms with van der Waals surface area (Å²) in [6.07, 6.45) is 0. The molecule has 8 heteroatoms. The minimum atomic E-state index is -0.190. The van der Waals surface area contributed by atoms with Crippen LogP contribution in [0.2, 0.25) is 0 Å². The van der Waals surface area contributed by atoms with Crippen molar-refractivity contribution in [2.45, 2.75) is 12.6 Å². The van der Waals surface area contributed by atoms with E-state index in [4.69, 9.17) is 9.72 Å². The minimum absolute atomic E-state index is 0. The van der Waals surface area contributed by atoms with E-state index < -0.39 is 0 Å². The van der Waals surface area contributed by atoms with Gasteiger partial charge in [-0.05, 0) is 29.8 Å². The number of thiazole rings is 1. The highest BCUT2D eigenvalue weighted by Crippen LogP contribution is 2.33. The second kappa shape index (κ2) is 10.9. The SMILES string of the molecule is COc1ccccc1-c1nc(CN2CCNCC2c2cccc(F)c2)cs1.Cl.Cl. The number of rotatable bonds is 5. The lowest BCUT2D eigenvalue weighted by Crippen LogP contribution is -2.45. The molecule has 1 unspecified atom stereocenters. The number of hydrogen-bond acceptors (Lipinski definition) is 5. The highest BCUT2D eigenvalue weighted by molar-refractivity contribution is 7.13. The molecule has 4 nitrogen and oxygen atoms in total. The van der Waals surface area contributed by atoms with E-state index >= 15 is 0 Å². The van der Waals surface area contributed by atoms with Crippen LogP contribution in [0.4, 0.5) is 4.39 Å². The predicted molar refractivity (Wildman–Crippen MR) is 121 cm³/mol. The molecule has 1 N–H and O–H groups in total. The first-order valence-corrected chi connectivity index (χ1v) is 9.90. The average molecular weight is 456 g/mol. The summed E-state index contributed by atoms with van der Waals surface area (Å²) in [6, 6.07) is 15.0.